The largest absolute Gasteiger partial charge is 0.456 e. The highest BCUT2D eigenvalue weighted by molar-refractivity contribution is 9.10. The van der Waals surface area contributed by atoms with Crippen molar-refractivity contribution in [2.45, 2.75) is 6.92 Å². The topological polar surface area (TPSA) is 69.8 Å². The second kappa shape index (κ2) is 5.66. The number of pyridine rings is 1. The third kappa shape index (κ3) is 2.61. The maximum Gasteiger partial charge on any atom is 0.266 e. The molecule has 5 heteroatoms. The molecule has 0 bridgehead atoms. The molecular formula is C17H11BrN2O2. The van der Waals surface area contributed by atoms with Crippen molar-refractivity contribution < 1.29 is 4.42 Å². The first-order chi connectivity index (χ1) is 10.6. The van der Waals surface area contributed by atoms with Crippen LogP contribution in [0.3, 0.4) is 0 Å². The first-order valence-corrected chi connectivity index (χ1v) is 7.38. The van der Waals surface area contributed by atoms with Gasteiger partial charge in [-0.25, -0.2) is 0 Å². The van der Waals surface area contributed by atoms with Crippen LogP contribution in [0.25, 0.3) is 22.6 Å². The number of aryl methyl sites for hydroxylation is 1. The van der Waals surface area contributed by atoms with Gasteiger partial charge in [-0.15, -0.1) is 0 Å². The van der Waals surface area contributed by atoms with Crippen molar-refractivity contribution in [3.63, 3.8) is 0 Å². The van der Waals surface area contributed by atoms with E-state index < -0.39 is 5.56 Å². The standard InChI is InChI=1S/C17H11BrN2O2/c1-10-8-13(14(9-19)17(21)20-10)16-7-6-15(22-16)11-2-4-12(18)5-3-11/h2-8H,1H3,(H,20,21). The van der Waals surface area contributed by atoms with Crippen LogP contribution < -0.4 is 5.56 Å². The van der Waals surface area contributed by atoms with Crippen LogP contribution in [0.1, 0.15) is 11.3 Å². The number of halogens is 1. The SMILES string of the molecule is Cc1cc(-c2ccc(-c3ccc(Br)cc3)o2)c(C#N)c(=O)[nH]1. The molecule has 22 heavy (non-hydrogen) atoms. The Labute approximate surface area is 135 Å². The molecule has 0 aliphatic carbocycles. The Morgan fingerprint density at radius 1 is 1.14 bits per heavy atom. The number of aromatic amines is 1. The minimum atomic E-state index is -0.404. The van der Waals surface area contributed by atoms with E-state index in [-0.39, 0.29) is 5.56 Å². The number of nitrogens with zero attached hydrogens (tertiary/aromatic N) is 1. The minimum absolute atomic E-state index is 0.0577. The van der Waals surface area contributed by atoms with E-state index in [4.69, 9.17) is 4.42 Å². The molecule has 0 spiro atoms. The molecule has 0 unspecified atom stereocenters. The van der Waals surface area contributed by atoms with Crippen LogP contribution >= 0.6 is 15.9 Å². The number of hydrogen-bond acceptors (Lipinski definition) is 3. The number of H-pyrrole nitrogens is 1. The zero-order chi connectivity index (χ0) is 15.7. The van der Waals surface area contributed by atoms with E-state index in [0.717, 1.165) is 10.0 Å². The summed E-state index contributed by atoms with van der Waals surface area (Å²) in [6, 6.07) is 15.0. The Morgan fingerprint density at radius 2 is 1.82 bits per heavy atom. The second-order valence-electron chi connectivity index (χ2n) is 4.85. The zero-order valence-corrected chi connectivity index (χ0v) is 13.3. The summed E-state index contributed by atoms with van der Waals surface area (Å²) >= 11 is 3.39. The fourth-order valence-corrected chi connectivity index (χ4v) is 2.51. The summed E-state index contributed by atoms with van der Waals surface area (Å²) in [7, 11) is 0. The number of hydrogen-bond donors (Lipinski definition) is 1. The number of rotatable bonds is 2. The summed E-state index contributed by atoms with van der Waals surface area (Å²) in [6.45, 7) is 1.77. The number of aromatic nitrogens is 1. The lowest BCUT2D eigenvalue weighted by atomic mass is 10.1. The monoisotopic (exact) mass is 354 g/mol. The van der Waals surface area contributed by atoms with Gasteiger partial charge in [-0.1, -0.05) is 28.1 Å². The van der Waals surface area contributed by atoms with Crippen LogP contribution in [0.2, 0.25) is 0 Å². The third-order valence-corrected chi connectivity index (χ3v) is 3.81. The lowest BCUT2D eigenvalue weighted by Crippen LogP contribution is -2.12. The van der Waals surface area contributed by atoms with Gasteiger partial charge < -0.3 is 9.40 Å². The minimum Gasteiger partial charge on any atom is -0.456 e. The quantitative estimate of drug-likeness (QED) is 0.747. The molecule has 0 aliphatic heterocycles. The average molecular weight is 355 g/mol. The molecule has 1 N–H and O–H groups in total. The van der Waals surface area contributed by atoms with E-state index in [1.54, 1.807) is 19.1 Å². The van der Waals surface area contributed by atoms with Crippen LogP contribution in [0.5, 0.6) is 0 Å². The molecule has 0 radical (unpaired) electrons. The van der Waals surface area contributed by atoms with Crippen molar-refractivity contribution in [2.75, 3.05) is 0 Å². The maximum absolute atomic E-state index is 11.9. The van der Waals surface area contributed by atoms with E-state index in [1.807, 2.05) is 36.4 Å². The van der Waals surface area contributed by atoms with Crippen LogP contribution in [0.15, 0.2) is 56.1 Å². The van der Waals surface area contributed by atoms with Crippen LogP contribution in [-0.2, 0) is 0 Å². The number of nitriles is 1. The van der Waals surface area contributed by atoms with Crippen molar-refractivity contribution in [3.8, 4) is 28.7 Å². The summed E-state index contributed by atoms with van der Waals surface area (Å²) in [6.07, 6.45) is 0. The molecule has 0 saturated heterocycles. The molecular weight excluding hydrogens is 344 g/mol. The Morgan fingerprint density at radius 3 is 2.50 bits per heavy atom. The Hall–Kier alpha value is -2.58. The Balaban J connectivity index is 2.10. The molecule has 4 nitrogen and oxygen atoms in total. The van der Waals surface area contributed by atoms with E-state index in [1.165, 1.54) is 0 Å². The lowest BCUT2D eigenvalue weighted by molar-refractivity contribution is 0.597. The summed E-state index contributed by atoms with van der Waals surface area (Å²) in [4.78, 5) is 14.5. The average Bonchev–Trinajstić information content (AvgIpc) is 2.97. The molecule has 0 saturated carbocycles. The third-order valence-electron chi connectivity index (χ3n) is 3.28. The Kier molecular flexibility index (Phi) is 3.70. The van der Waals surface area contributed by atoms with Crippen molar-refractivity contribution in [2.24, 2.45) is 0 Å². The van der Waals surface area contributed by atoms with Gasteiger partial charge in [0.1, 0.15) is 23.2 Å². The molecule has 108 valence electrons. The molecule has 3 rings (SSSR count). The van der Waals surface area contributed by atoms with Crippen LogP contribution in [0.4, 0.5) is 0 Å². The highest BCUT2D eigenvalue weighted by Gasteiger charge is 2.14. The molecule has 0 fully saturated rings. The van der Waals surface area contributed by atoms with Crippen molar-refractivity contribution >= 4 is 15.9 Å². The van der Waals surface area contributed by atoms with Gasteiger partial charge in [-0.05, 0) is 37.3 Å². The first-order valence-electron chi connectivity index (χ1n) is 6.58. The zero-order valence-electron chi connectivity index (χ0n) is 11.7. The van der Waals surface area contributed by atoms with E-state index >= 15 is 0 Å². The maximum atomic E-state index is 11.9. The normalized spacial score (nSPS) is 10.4. The van der Waals surface area contributed by atoms with Gasteiger partial charge in [-0.3, -0.25) is 4.79 Å². The fraction of sp³-hybridized carbons (Fsp3) is 0.0588. The first kappa shape index (κ1) is 14.4. The molecule has 0 aliphatic rings. The van der Waals surface area contributed by atoms with Gasteiger partial charge in [0.25, 0.3) is 5.56 Å². The van der Waals surface area contributed by atoms with Crippen molar-refractivity contribution in [1.29, 1.82) is 5.26 Å². The van der Waals surface area contributed by atoms with Gasteiger partial charge in [0.15, 0.2) is 0 Å². The van der Waals surface area contributed by atoms with Crippen molar-refractivity contribution in [1.82, 2.24) is 4.98 Å². The van der Waals surface area contributed by atoms with E-state index in [0.29, 0.717) is 22.8 Å². The van der Waals surface area contributed by atoms with E-state index in [2.05, 4.69) is 20.9 Å². The molecule has 2 heterocycles. The van der Waals surface area contributed by atoms with Gasteiger partial charge >= 0.3 is 0 Å². The van der Waals surface area contributed by atoms with Gasteiger partial charge in [0.05, 0.1) is 0 Å². The van der Waals surface area contributed by atoms with Crippen molar-refractivity contribution in [3.05, 3.63) is 68.5 Å². The summed E-state index contributed by atoms with van der Waals surface area (Å²) in [5, 5.41) is 9.19. The van der Waals surface area contributed by atoms with Gasteiger partial charge in [0.2, 0.25) is 0 Å². The molecule has 2 aromatic heterocycles. The van der Waals surface area contributed by atoms with Gasteiger partial charge in [0, 0.05) is 21.3 Å². The second-order valence-corrected chi connectivity index (χ2v) is 5.77. The number of nitrogens with one attached hydrogen (secondary N) is 1. The fourth-order valence-electron chi connectivity index (χ4n) is 2.25. The highest BCUT2D eigenvalue weighted by Crippen LogP contribution is 2.30. The summed E-state index contributed by atoms with van der Waals surface area (Å²) < 4.78 is 6.82. The molecule has 1 aromatic carbocycles. The lowest BCUT2D eigenvalue weighted by Gasteiger charge is -2.02. The predicted octanol–water partition coefficient (Wildman–Crippen LogP) is 4.24. The summed E-state index contributed by atoms with van der Waals surface area (Å²) in [5.41, 5.74) is 1.77. The van der Waals surface area contributed by atoms with E-state index in [9.17, 15) is 10.1 Å². The van der Waals surface area contributed by atoms with Crippen LogP contribution in [-0.4, -0.2) is 4.98 Å². The summed E-state index contributed by atoms with van der Waals surface area (Å²) in [5.74, 6) is 1.19. The Bertz CT molecular complexity index is 931. The highest BCUT2D eigenvalue weighted by atomic mass is 79.9. The molecule has 0 amide bonds. The molecule has 3 aromatic rings. The van der Waals surface area contributed by atoms with Crippen LogP contribution in [0, 0.1) is 18.3 Å². The smallest absolute Gasteiger partial charge is 0.266 e. The van der Waals surface area contributed by atoms with Gasteiger partial charge in [-0.2, -0.15) is 5.26 Å². The molecule has 0 atom stereocenters. The number of benzene rings is 1. The predicted molar refractivity (Wildman–Crippen MR) is 87.4 cm³/mol. The number of furan rings is 1.